The number of anilines is 1. The largest absolute Gasteiger partial charge is 0.398 e. The second-order valence-electron chi connectivity index (χ2n) is 2.49. The summed E-state index contributed by atoms with van der Waals surface area (Å²) in [6, 6.07) is 3.85. The minimum Gasteiger partial charge on any atom is -0.398 e. The molecule has 0 saturated heterocycles. The minimum absolute atomic E-state index is 0.0242. The maximum Gasteiger partial charge on any atom is 0.221 e. The first-order chi connectivity index (χ1) is 5.59. The number of nitrogens with two attached hydrogens (primary N) is 2. The molecular formula is C8H9FN2O. The van der Waals surface area contributed by atoms with Gasteiger partial charge in [0.25, 0.3) is 0 Å². The first kappa shape index (κ1) is 8.52. The van der Waals surface area contributed by atoms with E-state index in [1.165, 1.54) is 18.2 Å². The number of amides is 1. The van der Waals surface area contributed by atoms with Gasteiger partial charge in [0.2, 0.25) is 5.91 Å². The summed E-state index contributed by atoms with van der Waals surface area (Å²) in [4.78, 5) is 10.5. The number of halogens is 1. The molecule has 0 aliphatic heterocycles. The monoisotopic (exact) mass is 168 g/mol. The average molecular weight is 168 g/mol. The van der Waals surface area contributed by atoms with Crippen LogP contribution in [-0.4, -0.2) is 5.91 Å². The lowest BCUT2D eigenvalue weighted by Crippen LogP contribution is -2.14. The van der Waals surface area contributed by atoms with Crippen LogP contribution in [0.5, 0.6) is 0 Å². The molecule has 1 rings (SSSR count). The fourth-order valence-electron chi connectivity index (χ4n) is 0.915. The Balaban J connectivity index is 2.97. The van der Waals surface area contributed by atoms with Gasteiger partial charge in [-0.3, -0.25) is 4.79 Å². The van der Waals surface area contributed by atoms with Crippen molar-refractivity contribution in [1.82, 2.24) is 0 Å². The lowest BCUT2D eigenvalue weighted by Gasteiger charge is -2.01. The Bertz CT molecular complexity index is 312. The van der Waals surface area contributed by atoms with Crippen LogP contribution in [0.2, 0.25) is 0 Å². The highest BCUT2D eigenvalue weighted by Gasteiger charge is 2.03. The van der Waals surface area contributed by atoms with Crippen LogP contribution in [0.15, 0.2) is 18.2 Å². The highest BCUT2D eigenvalue weighted by Crippen LogP contribution is 2.13. The Hall–Kier alpha value is -1.58. The molecule has 3 nitrogen and oxygen atoms in total. The van der Waals surface area contributed by atoms with Gasteiger partial charge in [0.1, 0.15) is 5.82 Å². The molecular weight excluding hydrogens is 159 g/mol. The molecule has 1 aromatic carbocycles. The van der Waals surface area contributed by atoms with E-state index in [4.69, 9.17) is 11.5 Å². The van der Waals surface area contributed by atoms with E-state index >= 15 is 0 Å². The SMILES string of the molecule is NC(=O)Cc1cc(F)ccc1N. The number of hydrogen-bond acceptors (Lipinski definition) is 2. The van der Waals surface area contributed by atoms with Crippen LogP contribution in [0.4, 0.5) is 10.1 Å². The molecule has 12 heavy (non-hydrogen) atoms. The summed E-state index contributed by atoms with van der Waals surface area (Å²) in [5.74, 6) is -0.937. The molecule has 1 aromatic rings. The van der Waals surface area contributed by atoms with Gasteiger partial charge < -0.3 is 11.5 Å². The van der Waals surface area contributed by atoms with Gasteiger partial charge in [0.15, 0.2) is 0 Å². The van der Waals surface area contributed by atoms with E-state index in [9.17, 15) is 9.18 Å². The standard InChI is InChI=1S/C8H9FN2O/c9-6-1-2-7(10)5(3-6)4-8(11)12/h1-3H,4,10H2,(H2,11,12). The van der Waals surface area contributed by atoms with Crippen molar-refractivity contribution in [2.45, 2.75) is 6.42 Å². The number of benzene rings is 1. The van der Waals surface area contributed by atoms with Crippen molar-refractivity contribution in [3.8, 4) is 0 Å². The smallest absolute Gasteiger partial charge is 0.221 e. The number of hydrogen-bond donors (Lipinski definition) is 2. The molecule has 0 aromatic heterocycles. The van der Waals surface area contributed by atoms with Crippen LogP contribution < -0.4 is 11.5 Å². The van der Waals surface area contributed by atoms with E-state index in [1.54, 1.807) is 0 Å². The number of carbonyl (C=O) groups is 1. The van der Waals surface area contributed by atoms with Crippen molar-refractivity contribution in [1.29, 1.82) is 0 Å². The van der Waals surface area contributed by atoms with Crippen LogP contribution in [0, 0.1) is 5.82 Å². The molecule has 1 amide bonds. The summed E-state index contributed by atoms with van der Waals surface area (Å²) in [6.45, 7) is 0. The van der Waals surface area contributed by atoms with Gasteiger partial charge >= 0.3 is 0 Å². The summed E-state index contributed by atoms with van der Waals surface area (Å²) in [7, 11) is 0. The van der Waals surface area contributed by atoms with Crippen LogP contribution >= 0.6 is 0 Å². The maximum atomic E-state index is 12.6. The quantitative estimate of drug-likeness (QED) is 0.629. The van der Waals surface area contributed by atoms with E-state index < -0.39 is 11.7 Å². The highest BCUT2D eigenvalue weighted by atomic mass is 19.1. The molecule has 64 valence electrons. The summed E-state index contributed by atoms with van der Waals surface area (Å²) in [5, 5.41) is 0. The van der Waals surface area contributed by atoms with Gasteiger partial charge in [-0.2, -0.15) is 0 Å². The predicted molar refractivity (Wildman–Crippen MR) is 43.7 cm³/mol. The second-order valence-corrected chi connectivity index (χ2v) is 2.49. The third-order valence-electron chi connectivity index (χ3n) is 1.47. The highest BCUT2D eigenvalue weighted by molar-refractivity contribution is 5.78. The van der Waals surface area contributed by atoms with E-state index in [-0.39, 0.29) is 6.42 Å². The van der Waals surface area contributed by atoms with Crippen LogP contribution in [0.3, 0.4) is 0 Å². The molecule has 0 aliphatic carbocycles. The lowest BCUT2D eigenvalue weighted by atomic mass is 10.1. The van der Waals surface area contributed by atoms with Crippen LogP contribution in [-0.2, 0) is 11.2 Å². The van der Waals surface area contributed by atoms with Crippen molar-refractivity contribution < 1.29 is 9.18 Å². The maximum absolute atomic E-state index is 12.6. The summed E-state index contributed by atoms with van der Waals surface area (Å²) < 4.78 is 12.6. The summed E-state index contributed by atoms with van der Waals surface area (Å²) >= 11 is 0. The topological polar surface area (TPSA) is 69.1 Å². The zero-order valence-corrected chi connectivity index (χ0v) is 6.38. The summed E-state index contributed by atoms with van der Waals surface area (Å²) in [5.41, 5.74) is 11.2. The molecule has 0 bridgehead atoms. The molecule has 0 aliphatic rings. The Morgan fingerprint density at radius 3 is 2.75 bits per heavy atom. The molecule has 0 spiro atoms. The van der Waals surface area contributed by atoms with Gasteiger partial charge in [0.05, 0.1) is 6.42 Å². The molecule has 0 heterocycles. The Kier molecular flexibility index (Phi) is 2.28. The molecule has 0 saturated carbocycles. The fourth-order valence-corrected chi connectivity index (χ4v) is 0.915. The summed E-state index contributed by atoms with van der Waals surface area (Å²) in [6.07, 6.45) is -0.0242. The van der Waals surface area contributed by atoms with E-state index in [0.29, 0.717) is 11.3 Å². The molecule has 0 radical (unpaired) electrons. The van der Waals surface area contributed by atoms with E-state index in [1.807, 2.05) is 0 Å². The number of primary amides is 1. The Labute approximate surface area is 69.2 Å². The first-order valence-corrected chi connectivity index (χ1v) is 3.42. The zero-order chi connectivity index (χ0) is 9.14. The van der Waals surface area contributed by atoms with Crippen molar-refractivity contribution in [3.63, 3.8) is 0 Å². The third kappa shape index (κ3) is 1.95. The van der Waals surface area contributed by atoms with Crippen LogP contribution in [0.1, 0.15) is 5.56 Å². The average Bonchev–Trinajstić information content (AvgIpc) is 1.96. The molecule has 0 fully saturated rings. The molecule has 0 atom stereocenters. The zero-order valence-electron chi connectivity index (χ0n) is 6.38. The number of nitrogen functional groups attached to an aromatic ring is 1. The second kappa shape index (κ2) is 3.21. The van der Waals surface area contributed by atoms with Crippen molar-refractivity contribution in [3.05, 3.63) is 29.6 Å². The lowest BCUT2D eigenvalue weighted by molar-refractivity contribution is -0.117. The van der Waals surface area contributed by atoms with Gasteiger partial charge in [-0.1, -0.05) is 0 Å². The van der Waals surface area contributed by atoms with Gasteiger partial charge in [-0.15, -0.1) is 0 Å². The third-order valence-corrected chi connectivity index (χ3v) is 1.47. The minimum atomic E-state index is -0.521. The number of carbonyl (C=O) groups excluding carboxylic acids is 1. The van der Waals surface area contributed by atoms with Gasteiger partial charge in [-0.05, 0) is 23.8 Å². The van der Waals surface area contributed by atoms with Crippen molar-refractivity contribution in [2.75, 3.05) is 5.73 Å². The number of rotatable bonds is 2. The van der Waals surface area contributed by atoms with Crippen LogP contribution in [0.25, 0.3) is 0 Å². The Morgan fingerprint density at radius 1 is 1.50 bits per heavy atom. The van der Waals surface area contributed by atoms with E-state index in [2.05, 4.69) is 0 Å². The normalized spacial score (nSPS) is 9.75. The van der Waals surface area contributed by atoms with Gasteiger partial charge in [0, 0.05) is 5.69 Å². The van der Waals surface area contributed by atoms with E-state index in [0.717, 1.165) is 0 Å². The molecule has 4 heteroatoms. The van der Waals surface area contributed by atoms with Gasteiger partial charge in [-0.25, -0.2) is 4.39 Å². The van der Waals surface area contributed by atoms with Crippen molar-refractivity contribution >= 4 is 11.6 Å². The molecule has 4 N–H and O–H groups in total. The predicted octanol–water partition coefficient (Wildman–Crippen LogP) is 0.436. The molecule has 0 unspecified atom stereocenters. The van der Waals surface area contributed by atoms with Crippen molar-refractivity contribution in [2.24, 2.45) is 5.73 Å². The first-order valence-electron chi connectivity index (χ1n) is 3.42. The Morgan fingerprint density at radius 2 is 2.17 bits per heavy atom. The fraction of sp³-hybridized carbons (Fsp3) is 0.125.